The fourth-order valence-corrected chi connectivity index (χ4v) is 6.52. The van der Waals surface area contributed by atoms with Gasteiger partial charge in [0.1, 0.15) is 0 Å². The summed E-state index contributed by atoms with van der Waals surface area (Å²) in [5, 5.41) is 7.96. The van der Waals surface area contributed by atoms with Crippen molar-refractivity contribution in [1.29, 1.82) is 0 Å². The minimum absolute atomic E-state index is 0.00711. The van der Waals surface area contributed by atoms with E-state index >= 15 is 0 Å². The minimum Gasteiger partial charge on any atom is -0.372 e. The Morgan fingerprint density at radius 2 is 1.68 bits per heavy atom. The van der Waals surface area contributed by atoms with E-state index in [2.05, 4.69) is 60.0 Å². The summed E-state index contributed by atoms with van der Waals surface area (Å²) in [7, 11) is 0. The highest BCUT2D eigenvalue weighted by Crippen LogP contribution is 2.29. The lowest BCUT2D eigenvalue weighted by atomic mass is 9.92. The summed E-state index contributed by atoms with van der Waals surface area (Å²) < 4.78 is 2.18. The molecule has 7 nitrogen and oxygen atoms in total. The van der Waals surface area contributed by atoms with Crippen LogP contribution in [0.1, 0.15) is 107 Å². The van der Waals surface area contributed by atoms with Crippen LogP contribution < -0.4 is 5.32 Å². The Bertz CT molecular complexity index is 1100. The number of aromatic nitrogens is 2. The summed E-state index contributed by atoms with van der Waals surface area (Å²) in [6, 6.07) is 0.172. The average molecular weight is 550 g/mol. The van der Waals surface area contributed by atoms with Gasteiger partial charge >= 0.3 is 0 Å². The summed E-state index contributed by atoms with van der Waals surface area (Å²) in [6.45, 7) is 12.6. The van der Waals surface area contributed by atoms with Crippen molar-refractivity contribution in [2.45, 2.75) is 111 Å². The molecule has 0 radical (unpaired) electrons. The third-order valence-corrected chi connectivity index (χ3v) is 8.95. The molecule has 4 rings (SSSR count). The van der Waals surface area contributed by atoms with E-state index in [1.54, 1.807) is 6.92 Å². The van der Waals surface area contributed by atoms with E-state index in [1.807, 2.05) is 4.90 Å². The molecule has 2 amide bonds. The summed E-state index contributed by atoms with van der Waals surface area (Å²) in [5.74, 6) is 0.783. The molecule has 220 valence electrons. The molecule has 7 heteroatoms. The maximum atomic E-state index is 13.5. The molecular weight excluding hydrogens is 498 g/mol. The number of carbonyl (C=O) groups is 2. The van der Waals surface area contributed by atoms with Gasteiger partial charge in [0.2, 0.25) is 5.91 Å². The maximum absolute atomic E-state index is 13.5. The quantitative estimate of drug-likeness (QED) is 0.374. The lowest BCUT2D eigenvalue weighted by molar-refractivity contribution is -0.119. The number of amides is 2. The molecule has 0 spiro atoms. The van der Waals surface area contributed by atoms with Crippen molar-refractivity contribution < 1.29 is 9.59 Å². The average Bonchev–Trinajstić information content (AvgIpc) is 3.34. The van der Waals surface area contributed by atoms with Crippen molar-refractivity contribution in [1.82, 2.24) is 24.9 Å². The molecule has 2 aliphatic heterocycles. The highest BCUT2D eigenvalue weighted by molar-refractivity contribution is 5.94. The van der Waals surface area contributed by atoms with E-state index in [4.69, 9.17) is 5.10 Å². The van der Waals surface area contributed by atoms with Crippen molar-refractivity contribution >= 4 is 11.8 Å². The zero-order valence-electron chi connectivity index (χ0n) is 25.4. The number of hydrogen-bond acceptors (Lipinski definition) is 4. The van der Waals surface area contributed by atoms with E-state index in [9.17, 15) is 9.59 Å². The lowest BCUT2D eigenvalue weighted by Crippen LogP contribution is -2.46. The SMILES string of the molecule is C/C=C(\C=C/C(C)=CCCC)N1CCC(CCn2nc(C(=O)N3CCC(NC(C)=O)CC3)c3c2CCCC3)CC1. The number of allylic oxidation sites excluding steroid dienone is 5. The first-order chi connectivity index (χ1) is 19.4. The molecule has 1 N–H and O–H groups in total. The summed E-state index contributed by atoms with van der Waals surface area (Å²) in [5.41, 5.74) is 5.85. The van der Waals surface area contributed by atoms with Crippen LogP contribution in [0.3, 0.4) is 0 Å². The molecule has 3 aliphatic rings. The Kier molecular flexibility index (Phi) is 11.1. The van der Waals surface area contributed by atoms with Crippen molar-refractivity contribution in [3.63, 3.8) is 0 Å². The van der Waals surface area contributed by atoms with Crippen LogP contribution in [0, 0.1) is 5.92 Å². The standard InChI is InChI=1S/C33H51N5O2/c1-5-7-10-25(3)13-14-29(6-2)36-20-15-27(16-21-36)17-24-38-31-12-9-8-11-30(31)32(35-38)33(40)37-22-18-28(19-23-37)34-26(4)39/h6,10,13-14,27-28H,5,7-9,11-12,15-24H2,1-4H3,(H,34,39)/b14-13-,25-10?,29-6+. The van der Waals surface area contributed by atoms with Gasteiger partial charge < -0.3 is 15.1 Å². The molecule has 0 atom stereocenters. The van der Waals surface area contributed by atoms with Gasteiger partial charge in [-0.15, -0.1) is 0 Å². The van der Waals surface area contributed by atoms with Gasteiger partial charge in [-0.1, -0.05) is 37.1 Å². The van der Waals surface area contributed by atoms with Gasteiger partial charge in [-0.05, 0) is 90.0 Å². The van der Waals surface area contributed by atoms with Gasteiger partial charge in [0.25, 0.3) is 5.91 Å². The van der Waals surface area contributed by atoms with Crippen LogP contribution in [0.2, 0.25) is 0 Å². The van der Waals surface area contributed by atoms with Crippen molar-refractivity contribution in [3.05, 3.63) is 52.5 Å². The number of fused-ring (bicyclic) bond motifs is 1. The van der Waals surface area contributed by atoms with E-state index in [0.717, 1.165) is 64.6 Å². The molecule has 0 aromatic carbocycles. The van der Waals surface area contributed by atoms with Crippen LogP contribution in [0.15, 0.2) is 35.6 Å². The third kappa shape index (κ3) is 7.88. The molecule has 0 bridgehead atoms. The highest BCUT2D eigenvalue weighted by Gasteiger charge is 2.31. The zero-order chi connectivity index (χ0) is 28.5. The number of piperidine rings is 2. The number of carbonyl (C=O) groups excluding carboxylic acids is 2. The Labute approximate surface area is 241 Å². The first-order valence-corrected chi connectivity index (χ1v) is 15.8. The van der Waals surface area contributed by atoms with Gasteiger partial charge in [0, 0.05) is 62.6 Å². The largest absolute Gasteiger partial charge is 0.372 e. The van der Waals surface area contributed by atoms with Crippen molar-refractivity contribution in [2.75, 3.05) is 26.2 Å². The molecule has 2 fully saturated rings. The number of unbranched alkanes of at least 4 members (excludes halogenated alkanes) is 1. The second-order valence-electron chi connectivity index (χ2n) is 12.0. The fraction of sp³-hybridized carbons (Fsp3) is 0.667. The van der Waals surface area contributed by atoms with Crippen LogP contribution in [-0.4, -0.2) is 63.6 Å². The summed E-state index contributed by atoms with van der Waals surface area (Å²) >= 11 is 0. The number of nitrogens with one attached hydrogen (secondary N) is 1. The monoisotopic (exact) mass is 549 g/mol. The van der Waals surface area contributed by atoms with Crippen LogP contribution in [-0.2, 0) is 24.2 Å². The first-order valence-electron chi connectivity index (χ1n) is 15.8. The highest BCUT2D eigenvalue weighted by atomic mass is 16.2. The Hall–Kier alpha value is -2.83. The third-order valence-electron chi connectivity index (χ3n) is 8.95. The fourth-order valence-electron chi connectivity index (χ4n) is 6.52. The lowest BCUT2D eigenvalue weighted by Gasteiger charge is -2.34. The van der Waals surface area contributed by atoms with Gasteiger partial charge in [-0.3, -0.25) is 14.3 Å². The number of likely N-dealkylation sites (tertiary alicyclic amines) is 2. The molecular formula is C33H51N5O2. The van der Waals surface area contributed by atoms with E-state index in [-0.39, 0.29) is 17.9 Å². The second kappa shape index (κ2) is 14.7. The van der Waals surface area contributed by atoms with Gasteiger partial charge in [0.15, 0.2) is 5.69 Å². The van der Waals surface area contributed by atoms with Crippen LogP contribution in [0.5, 0.6) is 0 Å². The van der Waals surface area contributed by atoms with E-state index in [0.29, 0.717) is 24.7 Å². The Morgan fingerprint density at radius 1 is 0.975 bits per heavy atom. The smallest absolute Gasteiger partial charge is 0.274 e. The second-order valence-corrected chi connectivity index (χ2v) is 12.0. The predicted molar refractivity (Wildman–Crippen MR) is 162 cm³/mol. The topological polar surface area (TPSA) is 70.5 Å². The van der Waals surface area contributed by atoms with Gasteiger partial charge in [0.05, 0.1) is 0 Å². The number of hydrogen-bond donors (Lipinski definition) is 1. The maximum Gasteiger partial charge on any atom is 0.274 e. The summed E-state index contributed by atoms with van der Waals surface area (Å²) in [4.78, 5) is 29.4. The molecule has 0 saturated carbocycles. The molecule has 0 unspecified atom stereocenters. The number of rotatable bonds is 10. The molecule has 1 aliphatic carbocycles. The Balaban J connectivity index is 1.32. The number of nitrogens with zero attached hydrogens (tertiary/aromatic N) is 4. The van der Waals surface area contributed by atoms with Gasteiger partial charge in [-0.2, -0.15) is 5.10 Å². The van der Waals surface area contributed by atoms with E-state index in [1.165, 1.54) is 48.2 Å². The zero-order valence-corrected chi connectivity index (χ0v) is 25.4. The summed E-state index contributed by atoms with van der Waals surface area (Å²) in [6.07, 6.45) is 20.9. The first kappa shape index (κ1) is 30.1. The predicted octanol–water partition coefficient (Wildman–Crippen LogP) is 5.81. The van der Waals surface area contributed by atoms with Crippen LogP contribution in [0.4, 0.5) is 0 Å². The molecule has 3 heterocycles. The van der Waals surface area contributed by atoms with Crippen LogP contribution in [0.25, 0.3) is 0 Å². The molecule has 2 saturated heterocycles. The van der Waals surface area contributed by atoms with Crippen molar-refractivity contribution in [2.24, 2.45) is 5.92 Å². The Morgan fingerprint density at radius 3 is 2.35 bits per heavy atom. The molecule has 40 heavy (non-hydrogen) atoms. The minimum atomic E-state index is 0.00711. The number of aryl methyl sites for hydroxylation is 1. The molecule has 1 aromatic heterocycles. The normalized spacial score (nSPS) is 19.8. The van der Waals surface area contributed by atoms with E-state index < -0.39 is 0 Å². The van der Waals surface area contributed by atoms with Crippen LogP contribution >= 0.6 is 0 Å². The molecule has 1 aromatic rings. The van der Waals surface area contributed by atoms with Gasteiger partial charge in [-0.25, -0.2) is 0 Å². The van der Waals surface area contributed by atoms with Crippen molar-refractivity contribution in [3.8, 4) is 0 Å².